The molecule has 3 atom stereocenters. The molecular formula is C23H39N3O6S2. The molecule has 0 heterocycles. The average Bonchev–Trinajstić information content (AvgIpc) is 2.78. The molecule has 0 aliphatic heterocycles. The topological polar surface area (TPSA) is 139 Å². The second-order valence-corrected chi connectivity index (χ2v) is 11.2. The molecule has 1 aromatic rings. The molecule has 194 valence electrons. The van der Waals surface area contributed by atoms with E-state index in [-0.39, 0.29) is 25.3 Å². The van der Waals surface area contributed by atoms with Gasteiger partial charge < -0.3 is 10.8 Å². The summed E-state index contributed by atoms with van der Waals surface area (Å²) in [7, 11) is -3.57. The molecule has 4 N–H and O–H groups in total. The number of carbonyl (C=O) groups is 2. The van der Waals surface area contributed by atoms with E-state index in [1.165, 1.54) is 6.92 Å². The van der Waals surface area contributed by atoms with Crippen LogP contribution in [0.2, 0.25) is 0 Å². The van der Waals surface area contributed by atoms with Gasteiger partial charge in [0.15, 0.2) is 0 Å². The van der Waals surface area contributed by atoms with Crippen molar-refractivity contribution >= 4 is 34.3 Å². The molecule has 9 nitrogen and oxygen atoms in total. The molecule has 0 spiro atoms. The molecule has 0 bridgehead atoms. The minimum Gasteiger partial charge on any atom is -0.478 e. The second kappa shape index (κ2) is 14.7. The van der Waals surface area contributed by atoms with Crippen LogP contribution < -0.4 is 11.1 Å². The molecule has 11 heteroatoms. The van der Waals surface area contributed by atoms with Crippen molar-refractivity contribution in [3.63, 3.8) is 0 Å². The van der Waals surface area contributed by atoms with Crippen LogP contribution in [0.4, 0.5) is 0 Å². The van der Waals surface area contributed by atoms with E-state index >= 15 is 0 Å². The zero-order valence-electron chi connectivity index (χ0n) is 20.3. The number of nitrogens with two attached hydrogens (primary N) is 1. The van der Waals surface area contributed by atoms with Crippen LogP contribution in [0.1, 0.15) is 45.1 Å². The molecule has 1 aromatic carbocycles. The normalized spacial score (nSPS) is 15.3. The Morgan fingerprint density at radius 2 is 1.91 bits per heavy atom. The maximum Gasteiger partial charge on any atom is 0.347 e. The number of amides is 1. The lowest BCUT2D eigenvalue weighted by molar-refractivity contribution is -0.243. The zero-order valence-corrected chi connectivity index (χ0v) is 22.0. The van der Waals surface area contributed by atoms with Crippen molar-refractivity contribution in [2.24, 2.45) is 11.7 Å². The summed E-state index contributed by atoms with van der Waals surface area (Å²) in [4.78, 5) is 32.0. The van der Waals surface area contributed by atoms with Gasteiger partial charge in [-0.3, -0.25) is 14.9 Å². The summed E-state index contributed by atoms with van der Waals surface area (Å²) >= 11 is 4.14. The second-order valence-electron chi connectivity index (χ2n) is 8.60. The van der Waals surface area contributed by atoms with Crippen molar-refractivity contribution in [2.45, 2.75) is 57.7 Å². The number of carbonyl (C=O) groups excluding carboxylic acids is 1. The van der Waals surface area contributed by atoms with Crippen LogP contribution >= 0.6 is 12.6 Å². The summed E-state index contributed by atoms with van der Waals surface area (Å²) in [5.74, 6) is -3.22. The van der Waals surface area contributed by atoms with Crippen molar-refractivity contribution in [3.05, 3.63) is 35.9 Å². The van der Waals surface area contributed by atoms with Crippen LogP contribution in [0.15, 0.2) is 30.3 Å². The average molecular weight is 518 g/mol. The van der Waals surface area contributed by atoms with Gasteiger partial charge in [-0.05, 0) is 18.4 Å². The fourth-order valence-corrected chi connectivity index (χ4v) is 4.90. The number of thiol groups is 1. The molecule has 0 aliphatic rings. The number of carboxylic acids is 1. The van der Waals surface area contributed by atoms with E-state index in [9.17, 15) is 23.1 Å². The Hall–Kier alpha value is -1.66. The predicted molar refractivity (Wildman–Crippen MR) is 136 cm³/mol. The number of benzene rings is 1. The maximum atomic E-state index is 13.4. The molecule has 1 unspecified atom stereocenters. The summed E-state index contributed by atoms with van der Waals surface area (Å²) in [5.41, 5.74) is 4.74. The summed E-state index contributed by atoms with van der Waals surface area (Å²) in [6.07, 6.45) is 3.75. The number of sulfone groups is 1. The standard InChI is InChI=1S/C23H39N3O6S2/c1-4-5-9-14-32-26(21(27)13-12-19-10-7-6-8-11-19)23(22(28)29,25-15-20(24)16-33)18(2)17-34(3,30)31/h6-8,10-11,18,20,25,33H,4-5,9,12-17,24H2,1-3H3,(H,28,29)/t18-,20?,23+/m1/s1. The van der Waals surface area contributed by atoms with E-state index in [0.29, 0.717) is 12.8 Å². The van der Waals surface area contributed by atoms with Crippen molar-refractivity contribution in [1.29, 1.82) is 0 Å². The van der Waals surface area contributed by atoms with Gasteiger partial charge in [0.2, 0.25) is 11.6 Å². The van der Waals surface area contributed by atoms with Gasteiger partial charge in [-0.1, -0.05) is 57.0 Å². The smallest absolute Gasteiger partial charge is 0.347 e. The van der Waals surface area contributed by atoms with E-state index < -0.39 is 45.1 Å². The molecule has 0 saturated carbocycles. The Bertz CT molecular complexity index is 869. The lowest BCUT2D eigenvalue weighted by Gasteiger charge is -2.44. The number of hydroxylamine groups is 2. The SMILES string of the molecule is CCCCCON(C(=O)CCc1ccccc1)[C@](NCC(N)CS)(C(=O)O)[C@H](C)CS(C)(=O)=O. The Morgan fingerprint density at radius 3 is 2.44 bits per heavy atom. The molecule has 0 radical (unpaired) electrons. The summed E-state index contributed by atoms with van der Waals surface area (Å²) in [5, 5.41) is 14.1. The first-order valence-electron chi connectivity index (χ1n) is 11.5. The van der Waals surface area contributed by atoms with Crippen molar-refractivity contribution < 1.29 is 28.0 Å². The Morgan fingerprint density at radius 1 is 1.26 bits per heavy atom. The summed E-state index contributed by atoms with van der Waals surface area (Å²) < 4.78 is 24.2. The molecular weight excluding hydrogens is 478 g/mol. The molecule has 34 heavy (non-hydrogen) atoms. The Kier molecular flexibility index (Phi) is 13.1. The van der Waals surface area contributed by atoms with Gasteiger partial charge in [0.1, 0.15) is 9.84 Å². The summed E-state index contributed by atoms with van der Waals surface area (Å²) in [6.45, 7) is 3.59. The van der Waals surface area contributed by atoms with Crippen LogP contribution in [-0.4, -0.2) is 73.1 Å². The zero-order chi connectivity index (χ0) is 25.8. The van der Waals surface area contributed by atoms with Gasteiger partial charge in [-0.25, -0.2) is 13.2 Å². The lowest BCUT2D eigenvalue weighted by atomic mass is 9.93. The highest BCUT2D eigenvalue weighted by Gasteiger charge is 2.53. The van der Waals surface area contributed by atoms with Crippen LogP contribution in [0, 0.1) is 5.92 Å². The van der Waals surface area contributed by atoms with Crippen LogP contribution in [-0.2, 0) is 30.7 Å². The molecule has 1 rings (SSSR count). The maximum absolute atomic E-state index is 13.4. The van der Waals surface area contributed by atoms with E-state index in [0.717, 1.165) is 29.7 Å². The van der Waals surface area contributed by atoms with Gasteiger partial charge in [0, 0.05) is 36.9 Å². The van der Waals surface area contributed by atoms with E-state index in [1.807, 2.05) is 37.3 Å². The Balaban J connectivity index is 3.39. The number of aryl methyl sites for hydroxylation is 1. The first kappa shape index (κ1) is 30.4. The van der Waals surface area contributed by atoms with Gasteiger partial charge in [-0.15, -0.1) is 0 Å². The van der Waals surface area contributed by atoms with Gasteiger partial charge in [0.25, 0.3) is 0 Å². The molecule has 0 saturated heterocycles. The third kappa shape index (κ3) is 9.53. The third-order valence-corrected chi connectivity index (χ3v) is 7.02. The molecule has 0 aliphatic carbocycles. The number of nitrogens with one attached hydrogen (secondary N) is 1. The summed E-state index contributed by atoms with van der Waals surface area (Å²) in [6, 6.07) is 8.81. The van der Waals surface area contributed by atoms with E-state index in [1.54, 1.807) is 0 Å². The number of carboxylic acid groups (broad SMARTS) is 1. The molecule has 0 fully saturated rings. The highest BCUT2D eigenvalue weighted by molar-refractivity contribution is 7.90. The Labute approximate surface area is 208 Å². The first-order chi connectivity index (χ1) is 16.0. The fourth-order valence-electron chi connectivity index (χ4n) is 3.62. The fraction of sp³-hybridized carbons (Fsp3) is 0.652. The number of rotatable bonds is 17. The molecule has 1 amide bonds. The molecule has 0 aromatic heterocycles. The predicted octanol–water partition coefficient (Wildman–Crippen LogP) is 1.88. The minimum atomic E-state index is -3.57. The highest BCUT2D eigenvalue weighted by Crippen LogP contribution is 2.27. The number of hydrogen-bond donors (Lipinski definition) is 4. The first-order valence-corrected chi connectivity index (χ1v) is 14.2. The number of hydrogen-bond acceptors (Lipinski definition) is 8. The third-order valence-electron chi connectivity index (χ3n) is 5.45. The van der Waals surface area contributed by atoms with Gasteiger partial charge in [-0.2, -0.15) is 17.7 Å². The van der Waals surface area contributed by atoms with Crippen molar-refractivity contribution in [2.75, 3.05) is 30.9 Å². The van der Waals surface area contributed by atoms with Crippen molar-refractivity contribution in [3.8, 4) is 0 Å². The van der Waals surface area contributed by atoms with Gasteiger partial charge >= 0.3 is 5.97 Å². The van der Waals surface area contributed by atoms with Crippen LogP contribution in [0.25, 0.3) is 0 Å². The van der Waals surface area contributed by atoms with Gasteiger partial charge in [0.05, 0.1) is 12.4 Å². The highest BCUT2D eigenvalue weighted by atomic mass is 32.2. The van der Waals surface area contributed by atoms with Crippen molar-refractivity contribution in [1.82, 2.24) is 10.4 Å². The number of unbranched alkanes of at least 4 members (excludes halogenated alkanes) is 2. The monoisotopic (exact) mass is 517 g/mol. The number of nitrogens with zero attached hydrogens (tertiary/aromatic N) is 1. The largest absolute Gasteiger partial charge is 0.478 e. The van der Waals surface area contributed by atoms with Crippen LogP contribution in [0.5, 0.6) is 0 Å². The lowest BCUT2D eigenvalue weighted by Crippen LogP contribution is -2.71. The minimum absolute atomic E-state index is 0.00924. The number of aliphatic carboxylic acids is 1. The van der Waals surface area contributed by atoms with Crippen LogP contribution in [0.3, 0.4) is 0 Å². The van der Waals surface area contributed by atoms with E-state index in [2.05, 4.69) is 17.9 Å². The van der Waals surface area contributed by atoms with E-state index in [4.69, 9.17) is 10.6 Å². The quantitative estimate of drug-likeness (QED) is 0.106.